The third-order valence-electron chi connectivity index (χ3n) is 4.79. The molecule has 4 heteroatoms. The van der Waals surface area contributed by atoms with Crippen LogP contribution in [0.25, 0.3) is 0 Å². The number of likely N-dealkylation sites (N-methyl/N-ethyl adjacent to an activating group) is 1. The summed E-state index contributed by atoms with van der Waals surface area (Å²) in [6.07, 6.45) is 4.60. The molecule has 122 valence electrons. The van der Waals surface area contributed by atoms with Crippen molar-refractivity contribution in [1.82, 2.24) is 4.90 Å². The normalized spacial score (nSPS) is 22.2. The van der Waals surface area contributed by atoms with Crippen LogP contribution < -0.4 is 0 Å². The molecule has 0 aromatic heterocycles. The highest BCUT2D eigenvalue weighted by molar-refractivity contribution is 5.76. The molecule has 21 heavy (non-hydrogen) atoms. The van der Waals surface area contributed by atoms with Crippen molar-refractivity contribution in [2.75, 3.05) is 7.05 Å². The van der Waals surface area contributed by atoms with Gasteiger partial charge in [-0.2, -0.15) is 0 Å². The number of carbonyl (C=O) groups excluding carboxylic acids is 2. The number of ether oxygens (including phenoxy) is 1. The molecule has 1 aliphatic rings. The van der Waals surface area contributed by atoms with E-state index in [2.05, 4.69) is 13.8 Å². The Balaban J connectivity index is 2.84. The second-order valence-corrected chi connectivity index (χ2v) is 8.32. The maximum absolute atomic E-state index is 12.3. The van der Waals surface area contributed by atoms with Gasteiger partial charge in [0.2, 0.25) is 0 Å². The summed E-state index contributed by atoms with van der Waals surface area (Å²) in [6, 6.07) is 0. The van der Waals surface area contributed by atoms with E-state index in [1.165, 1.54) is 4.90 Å². The van der Waals surface area contributed by atoms with Crippen LogP contribution in [0.5, 0.6) is 0 Å². The van der Waals surface area contributed by atoms with Crippen LogP contribution in [0.15, 0.2) is 0 Å². The minimum Gasteiger partial charge on any atom is -0.444 e. The van der Waals surface area contributed by atoms with Gasteiger partial charge in [-0.25, -0.2) is 4.79 Å². The lowest BCUT2D eigenvalue weighted by Gasteiger charge is -2.45. The van der Waals surface area contributed by atoms with Gasteiger partial charge in [-0.15, -0.1) is 0 Å². The van der Waals surface area contributed by atoms with Crippen molar-refractivity contribution in [1.29, 1.82) is 0 Å². The molecule has 0 aromatic carbocycles. The van der Waals surface area contributed by atoms with Gasteiger partial charge < -0.3 is 9.53 Å². The van der Waals surface area contributed by atoms with Gasteiger partial charge in [0.05, 0.1) is 0 Å². The second kappa shape index (κ2) is 5.98. The maximum Gasteiger partial charge on any atom is 0.410 e. The molecule has 0 bridgehead atoms. The third kappa shape index (κ3) is 4.45. The maximum atomic E-state index is 12.3. The summed E-state index contributed by atoms with van der Waals surface area (Å²) in [4.78, 5) is 25.5. The van der Waals surface area contributed by atoms with Crippen molar-refractivity contribution in [2.45, 2.75) is 78.4 Å². The molecule has 0 N–H and O–H groups in total. The molecule has 1 rings (SSSR count). The summed E-state index contributed by atoms with van der Waals surface area (Å²) in [5.74, 6) is 0.195. The van der Waals surface area contributed by atoms with Crippen molar-refractivity contribution < 1.29 is 14.3 Å². The number of rotatable bonds is 3. The van der Waals surface area contributed by atoms with Gasteiger partial charge in [0, 0.05) is 7.05 Å². The van der Waals surface area contributed by atoms with Gasteiger partial charge >= 0.3 is 6.09 Å². The van der Waals surface area contributed by atoms with Gasteiger partial charge in [0.15, 0.2) is 0 Å². The predicted molar refractivity (Wildman–Crippen MR) is 84.2 cm³/mol. The molecule has 0 aliphatic heterocycles. The molecular weight excluding hydrogens is 266 g/mol. The van der Waals surface area contributed by atoms with Gasteiger partial charge in [-0.3, -0.25) is 4.90 Å². The Hall–Kier alpha value is -1.06. The van der Waals surface area contributed by atoms with E-state index in [1.54, 1.807) is 7.05 Å². The van der Waals surface area contributed by atoms with Crippen LogP contribution in [0.3, 0.4) is 0 Å². The van der Waals surface area contributed by atoms with Crippen molar-refractivity contribution in [3.05, 3.63) is 0 Å². The van der Waals surface area contributed by atoms with Crippen molar-refractivity contribution in [3.8, 4) is 0 Å². The molecule has 0 spiro atoms. The van der Waals surface area contributed by atoms with Gasteiger partial charge in [0.1, 0.15) is 17.4 Å². The summed E-state index contributed by atoms with van der Waals surface area (Å²) >= 11 is 0. The quantitative estimate of drug-likeness (QED) is 0.739. The van der Waals surface area contributed by atoms with E-state index in [1.807, 2.05) is 27.7 Å². The highest BCUT2D eigenvalue weighted by Gasteiger charge is 2.44. The SMILES string of the molecule is CN(C(=O)OC(C)(C)C)C(C)(C=O)C1CCC(C)(C)CC1. The molecule has 0 radical (unpaired) electrons. The minimum atomic E-state index is -0.793. The zero-order valence-electron chi connectivity index (χ0n) is 14.7. The topological polar surface area (TPSA) is 46.6 Å². The average molecular weight is 297 g/mol. The first-order valence-corrected chi connectivity index (χ1v) is 7.84. The van der Waals surface area contributed by atoms with Crippen molar-refractivity contribution in [3.63, 3.8) is 0 Å². The van der Waals surface area contributed by atoms with E-state index in [4.69, 9.17) is 4.74 Å². The zero-order chi connectivity index (χ0) is 16.5. The summed E-state index contributed by atoms with van der Waals surface area (Å²) < 4.78 is 5.41. The number of amides is 1. The molecule has 0 aromatic rings. The Morgan fingerprint density at radius 3 is 2.05 bits per heavy atom. The molecule has 1 saturated carbocycles. The van der Waals surface area contributed by atoms with Gasteiger partial charge in [-0.05, 0) is 64.7 Å². The van der Waals surface area contributed by atoms with Crippen molar-refractivity contribution >= 4 is 12.4 Å². The molecule has 1 unspecified atom stereocenters. The number of hydrogen-bond acceptors (Lipinski definition) is 3. The minimum absolute atomic E-state index is 0.195. The van der Waals surface area contributed by atoms with Crippen LogP contribution in [0.2, 0.25) is 0 Å². The summed E-state index contributed by atoms with van der Waals surface area (Å²) in [7, 11) is 1.67. The molecule has 1 atom stereocenters. The predicted octanol–water partition coefficient (Wildman–Crippen LogP) is 4.03. The highest BCUT2D eigenvalue weighted by Crippen LogP contribution is 2.43. The average Bonchev–Trinajstić information content (AvgIpc) is 2.34. The molecule has 1 aliphatic carbocycles. The largest absolute Gasteiger partial charge is 0.444 e. The molecule has 4 nitrogen and oxygen atoms in total. The van der Waals surface area contributed by atoms with E-state index >= 15 is 0 Å². The highest BCUT2D eigenvalue weighted by atomic mass is 16.6. The Labute approximate surface area is 129 Å². The summed E-state index contributed by atoms with van der Waals surface area (Å²) in [5.41, 5.74) is -1.01. The van der Waals surface area contributed by atoms with E-state index < -0.39 is 17.2 Å². The summed E-state index contributed by atoms with van der Waals surface area (Å²) in [5, 5.41) is 0. The van der Waals surface area contributed by atoms with Crippen molar-refractivity contribution in [2.24, 2.45) is 11.3 Å². The lowest BCUT2D eigenvalue weighted by atomic mass is 9.67. The fraction of sp³-hybridized carbons (Fsp3) is 0.882. The molecule has 1 fully saturated rings. The number of aldehydes is 1. The number of carbonyl (C=O) groups is 2. The third-order valence-corrected chi connectivity index (χ3v) is 4.79. The van der Waals surface area contributed by atoms with E-state index in [9.17, 15) is 9.59 Å². The first kappa shape index (κ1) is 18.0. The van der Waals surface area contributed by atoms with Crippen LogP contribution in [0.4, 0.5) is 4.79 Å². The van der Waals surface area contributed by atoms with E-state index in [0.29, 0.717) is 5.41 Å². The molecular formula is C17H31NO3. The van der Waals surface area contributed by atoms with Crippen LogP contribution in [-0.2, 0) is 9.53 Å². The summed E-state index contributed by atoms with van der Waals surface area (Å²) in [6.45, 7) is 11.9. The second-order valence-electron chi connectivity index (χ2n) is 8.32. The van der Waals surface area contributed by atoms with Crippen LogP contribution in [0.1, 0.15) is 67.2 Å². The van der Waals surface area contributed by atoms with Crippen LogP contribution in [0, 0.1) is 11.3 Å². The first-order valence-electron chi connectivity index (χ1n) is 7.84. The fourth-order valence-corrected chi connectivity index (χ4v) is 2.96. The number of hydrogen-bond donors (Lipinski definition) is 0. The fourth-order valence-electron chi connectivity index (χ4n) is 2.96. The van der Waals surface area contributed by atoms with E-state index in [0.717, 1.165) is 32.0 Å². The Kier molecular flexibility index (Phi) is 5.12. The zero-order valence-corrected chi connectivity index (χ0v) is 14.7. The number of nitrogens with zero attached hydrogens (tertiary/aromatic N) is 1. The Morgan fingerprint density at radius 1 is 1.19 bits per heavy atom. The molecule has 0 saturated heterocycles. The van der Waals surface area contributed by atoms with Crippen LogP contribution in [-0.4, -0.2) is 35.5 Å². The standard InChI is InChI=1S/C17H31NO3/c1-15(2,3)21-14(20)18(7)17(6,12-19)13-8-10-16(4,5)11-9-13/h12-13H,8-11H2,1-7H3. The van der Waals surface area contributed by atoms with Gasteiger partial charge in [-0.1, -0.05) is 13.8 Å². The first-order chi connectivity index (χ1) is 9.41. The van der Waals surface area contributed by atoms with Gasteiger partial charge in [0.25, 0.3) is 0 Å². The monoisotopic (exact) mass is 297 g/mol. The Morgan fingerprint density at radius 2 is 1.67 bits per heavy atom. The van der Waals surface area contributed by atoms with E-state index in [-0.39, 0.29) is 5.92 Å². The smallest absolute Gasteiger partial charge is 0.410 e. The molecule has 0 heterocycles. The Bertz CT molecular complexity index is 387. The van der Waals surface area contributed by atoms with Crippen LogP contribution >= 0.6 is 0 Å². The lowest BCUT2D eigenvalue weighted by molar-refractivity contribution is -0.121. The lowest BCUT2D eigenvalue weighted by Crippen LogP contribution is -2.55. The molecule has 1 amide bonds.